The Balaban J connectivity index is 1.27. The lowest BCUT2D eigenvalue weighted by molar-refractivity contribution is -0.140. The van der Waals surface area contributed by atoms with Crippen LogP contribution >= 0.6 is 0 Å². The Kier molecular flexibility index (Phi) is 34.3. The zero-order chi connectivity index (χ0) is 85.8. The molecule has 0 aliphatic rings. The Bertz CT molecular complexity index is 4560. The van der Waals surface area contributed by atoms with E-state index in [2.05, 4.69) is 83.7 Å². The summed E-state index contributed by atoms with van der Waals surface area (Å²) in [7, 11) is 2.83. The predicted octanol–water partition coefficient (Wildman–Crippen LogP) is -3.40. The quantitative estimate of drug-likeness (QED) is 0.0101. The number of amides is 15. The number of nitrogens with zero attached hydrogens (tertiary/aromatic N) is 4. The Morgan fingerprint density at radius 3 is 1.74 bits per heavy atom. The molecule has 6 rings (SSSR count). The minimum absolute atomic E-state index is 0.0405. The van der Waals surface area contributed by atoms with Gasteiger partial charge in [-0.3, -0.25) is 77.1 Å². The van der Waals surface area contributed by atoms with Crippen molar-refractivity contribution in [3.8, 4) is 5.75 Å². The minimum atomic E-state index is -2.04. The first-order valence-corrected chi connectivity index (χ1v) is 37.6. The Hall–Kier alpha value is -13.0. The van der Waals surface area contributed by atoms with Crippen molar-refractivity contribution in [3.63, 3.8) is 0 Å². The second-order valence-corrected chi connectivity index (χ2v) is 29.4. The van der Waals surface area contributed by atoms with Crippen molar-refractivity contribution in [2.75, 3.05) is 27.2 Å². The van der Waals surface area contributed by atoms with Gasteiger partial charge in [0.05, 0.1) is 41.8 Å². The molecule has 25 N–H and O–H groups in total. The number of phenolic OH excluding ortho intramolecular Hbond substituents is 1. The molecule has 0 saturated carbocycles. The van der Waals surface area contributed by atoms with Gasteiger partial charge in [-0.2, -0.15) is 0 Å². The standard InChI is InChI=1S/C76H107N23O17/c1-39(2)28-54(91-66(108)55(30-43-19-21-46(101)22-20-43)92-67(109)57(32-45-35-82-37-86-45)94-63(105)51(16-13-27-84-75(81)116)88-61(104)36-99-38-87-50-23-18-41(5)29-48(50)71(99)113)65(107)95-58(33-60(78)103)68(110)93-56(31-44-34-85-49-15-11-10-14-47(44)49)69(111)97-76(7,40(3)4)73(115)96-62(42(6)100)70(112)89-52(17-12-26-83-74(79)80)64(106)90-53(24-25-59(77)102)72(114)98(8)9/h10-11,14-15,18-23,29,34-35,37-40,42,51-58,62,85,100-101H,12-13,16-17,24-28,30-33,36H2,1-9H3,(H2,77,102)(H2,78,103)(H,82,86)(H,88,104)(H,89,112)(H,90,106)(H,91,108)(H,92,109)(H,93,110)(H,94,105)(H,95,107)(H,96,115)(H,97,111)(H4,79,80,83)(H3,81,84,116)/t42-,51+,52+,53+,54+,55+,56+,57+,58+,62+,76-/m1/s1. The second-order valence-electron chi connectivity index (χ2n) is 29.4. The van der Waals surface area contributed by atoms with Crippen LogP contribution in [0.4, 0.5) is 4.79 Å². The van der Waals surface area contributed by atoms with Gasteiger partial charge in [-0.25, -0.2) is 14.8 Å². The average Bonchev–Trinajstić information content (AvgIpc) is 1.37. The number of carbonyl (C=O) groups excluding carboxylic acids is 14. The molecular weight excluding hydrogens is 1510 g/mol. The molecule has 0 unspecified atom stereocenters. The fraction of sp³-hybridized carbons (Fsp3) is 0.474. The number of primary amides is 3. The highest BCUT2D eigenvalue weighted by atomic mass is 16.3. The van der Waals surface area contributed by atoms with Gasteiger partial charge in [0.1, 0.15) is 72.2 Å². The fourth-order valence-corrected chi connectivity index (χ4v) is 12.4. The molecule has 116 heavy (non-hydrogen) atoms. The number of urea groups is 1. The summed E-state index contributed by atoms with van der Waals surface area (Å²) in [4.78, 5) is 225. The number of imidazole rings is 1. The number of hydrogen-bond donors (Lipinski definition) is 21. The normalized spacial score (nSPS) is 14.3. The molecular formula is C76H107N23O17. The van der Waals surface area contributed by atoms with Crippen molar-refractivity contribution >= 4 is 111 Å². The lowest BCUT2D eigenvalue weighted by atomic mass is 9.86. The molecule has 0 saturated heterocycles. The number of nitrogens with one attached hydrogen (secondary N) is 15. The molecule has 0 fully saturated rings. The highest BCUT2D eigenvalue weighted by molar-refractivity contribution is 6.01. The summed E-state index contributed by atoms with van der Waals surface area (Å²) >= 11 is 0. The van der Waals surface area contributed by atoms with E-state index >= 15 is 9.59 Å². The number of aromatic amines is 2. The van der Waals surface area contributed by atoms with Crippen LogP contribution in [0.2, 0.25) is 0 Å². The van der Waals surface area contributed by atoms with Crippen LogP contribution in [-0.4, -0.2) is 222 Å². The maximum absolute atomic E-state index is 15.2. The van der Waals surface area contributed by atoms with Crippen LogP contribution in [0.5, 0.6) is 5.75 Å². The number of carbonyl (C=O) groups is 14. The van der Waals surface area contributed by atoms with Gasteiger partial charge in [-0.05, 0) is 113 Å². The van der Waals surface area contributed by atoms with Crippen molar-refractivity contribution in [3.05, 3.63) is 125 Å². The molecule has 6 aromatic rings. The number of hydrogen-bond acceptors (Lipinski definition) is 20. The van der Waals surface area contributed by atoms with Crippen LogP contribution in [0.25, 0.3) is 21.8 Å². The number of phenols is 1. The number of aliphatic hydroxyl groups excluding tert-OH is 1. The van der Waals surface area contributed by atoms with Gasteiger partial charge in [0.2, 0.25) is 76.8 Å². The largest absolute Gasteiger partial charge is 0.508 e. The molecule has 0 aliphatic heterocycles. The lowest BCUT2D eigenvalue weighted by Gasteiger charge is -2.36. The molecule has 40 nitrogen and oxygen atoms in total. The monoisotopic (exact) mass is 1610 g/mol. The maximum atomic E-state index is 15.2. The number of aryl methyl sites for hydroxylation is 1. The number of aromatic hydroxyl groups is 1. The van der Waals surface area contributed by atoms with Crippen LogP contribution in [0.1, 0.15) is 115 Å². The number of H-pyrrole nitrogens is 2. The summed E-state index contributed by atoms with van der Waals surface area (Å²) in [6.45, 7) is 10.1. The van der Waals surface area contributed by atoms with E-state index in [1.807, 2.05) is 0 Å². The van der Waals surface area contributed by atoms with Crippen LogP contribution < -0.4 is 92.3 Å². The zero-order valence-electron chi connectivity index (χ0n) is 66.1. The van der Waals surface area contributed by atoms with E-state index < -0.39 is 185 Å². The first kappa shape index (κ1) is 91.8. The number of fused-ring (bicyclic) bond motifs is 2. The average molecular weight is 1610 g/mol. The molecule has 0 spiro atoms. The summed E-state index contributed by atoms with van der Waals surface area (Å²) in [5, 5.41) is 60.8. The molecule has 40 heteroatoms. The van der Waals surface area contributed by atoms with Crippen molar-refractivity contribution < 1.29 is 77.3 Å². The number of guanidine groups is 1. The van der Waals surface area contributed by atoms with Gasteiger partial charge >= 0.3 is 6.03 Å². The van der Waals surface area contributed by atoms with Gasteiger partial charge in [0, 0.05) is 76.2 Å². The van der Waals surface area contributed by atoms with Crippen molar-refractivity contribution in [2.24, 2.45) is 34.8 Å². The van der Waals surface area contributed by atoms with E-state index in [0.29, 0.717) is 27.5 Å². The Morgan fingerprint density at radius 2 is 1.16 bits per heavy atom. The zero-order valence-corrected chi connectivity index (χ0v) is 66.1. The summed E-state index contributed by atoms with van der Waals surface area (Å²) in [5.41, 5.74) is 22.1. The van der Waals surface area contributed by atoms with E-state index in [-0.39, 0.29) is 94.1 Å². The number of benzene rings is 3. The number of nitrogens with two attached hydrogens (primary N) is 4. The number of rotatable bonds is 45. The SMILES string of the molecule is Cc1ccc2ncn(CC(=O)N[C@@H](CCCNC(N)=O)C(=O)N[C@@H](Cc3c[nH]cn3)C(=O)N[C@@H](Cc3ccc(O)cc3)C(=O)N[C@@H](CC(C)C)C(=O)N[C@@H](CC(N)=O)C(=O)N[C@@H](Cc3c[nH]c4ccccc34)C(=O)N[C@@](C)(C(=O)N[C@H](C(=O)N[C@@H](CCCNC(=N)N)C(=O)N[C@@H](CCC(N)=O)C(=O)N(C)C)[C@@H](C)O)C(C)C)c(=O)c2c1. The first-order chi connectivity index (χ1) is 54.7. The van der Waals surface area contributed by atoms with Gasteiger partial charge in [0.25, 0.3) is 5.56 Å². The highest BCUT2D eigenvalue weighted by Gasteiger charge is 2.44. The van der Waals surface area contributed by atoms with Gasteiger partial charge in [-0.15, -0.1) is 0 Å². The van der Waals surface area contributed by atoms with Crippen LogP contribution in [-0.2, 0) is 88.1 Å². The Labute approximate surface area is 667 Å². The third-order valence-corrected chi connectivity index (χ3v) is 19.0. The van der Waals surface area contributed by atoms with E-state index in [0.717, 1.165) is 17.1 Å². The number of likely N-dealkylation sites (N-methyl/N-ethyl adjacent to an activating group) is 1. The van der Waals surface area contributed by atoms with Crippen molar-refractivity contribution in [1.29, 1.82) is 5.41 Å². The summed E-state index contributed by atoms with van der Waals surface area (Å²) in [5.74, 6) is -14.4. The molecule has 0 bridgehead atoms. The van der Waals surface area contributed by atoms with E-state index in [1.165, 1.54) is 82.9 Å². The lowest BCUT2D eigenvalue weighted by Crippen LogP contribution is -2.67. The topological polar surface area (TPSA) is 634 Å². The molecule has 628 valence electrons. The third-order valence-electron chi connectivity index (χ3n) is 19.0. The van der Waals surface area contributed by atoms with Crippen LogP contribution in [0, 0.1) is 24.2 Å². The van der Waals surface area contributed by atoms with Gasteiger partial charge in [-0.1, -0.05) is 69.7 Å². The summed E-state index contributed by atoms with van der Waals surface area (Å²) in [6.07, 6.45) is 1.02. The molecule has 3 heterocycles. The molecule has 0 aliphatic carbocycles. The van der Waals surface area contributed by atoms with E-state index in [4.69, 9.17) is 28.3 Å². The van der Waals surface area contributed by atoms with Crippen molar-refractivity contribution in [2.45, 2.75) is 192 Å². The summed E-state index contributed by atoms with van der Waals surface area (Å²) < 4.78 is 1.05. The second kappa shape index (κ2) is 43.3. The number of para-hydroxylation sites is 1. The molecule has 3 aromatic heterocycles. The molecule has 15 amide bonds. The summed E-state index contributed by atoms with van der Waals surface area (Å²) in [6, 6.07) is 2.14. The van der Waals surface area contributed by atoms with Crippen LogP contribution in [0.15, 0.2) is 96.6 Å². The molecule has 11 atom stereocenters. The predicted molar refractivity (Wildman–Crippen MR) is 424 cm³/mol. The minimum Gasteiger partial charge on any atom is -0.508 e. The first-order valence-electron chi connectivity index (χ1n) is 37.6. The number of aliphatic hydroxyl groups is 1. The molecule has 3 aromatic carbocycles. The highest BCUT2D eigenvalue weighted by Crippen LogP contribution is 2.23. The van der Waals surface area contributed by atoms with Crippen LogP contribution in [0.3, 0.4) is 0 Å². The van der Waals surface area contributed by atoms with Gasteiger partial charge < -0.3 is 112 Å². The van der Waals surface area contributed by atoms with Crippen molar-refractivity contribution in [1.82, 2.24) is 93.2 Å². The number of aromatic nitrogens is 5. The Morgan fingerprint density at radius 1 is 0.603 bits per heavy atom. The third kappa shape index (κ3) is 28.0. The van der Waals surface area contributed by atoms with Gasteiger partial charge in [0.15, 0.2) is 5.96 Å². The van der Waals surface area contributed by atoms with E-state index in [1.54, 1.807) is 69.4 Å². The maximum Gasteiger partial charge on any atom is 0.312 e. The molecule has 0 radical (unpaired) electrons. The smallest absolute Gasteiger partial charge is 0.312 e. The van der Waals surface area contributed by atoms with E-state index in [9.17, 15) is 72.5 Å². The fourth-order valence-electron chi connectivity index (χ4n) is 12.4.